The Kier molecular flexibility index (Phi) is 6.16. The molecule has 1 N–H and O–H groups in total. The molecule has 0 fully saturated rings. The van der Waals surface area contributed by atoms with Crippen LogP contribution >= 0.6 is 11.3 Å². The fourth-order valence-corrected chi connectivity index (χ4v) is 5.18. The molecule has 0 spiro atoms. The molecule has 0 radical (unpaired) electrons. The molecule has 1 unspecified atom stereocenters. The number of hydrogen-bond donors (Lipinski definition) is 1. The quantitative estimate of drug-likeness (QED) is 0.470. The number of para-hydroxylation sites is 1. The molecular formula is C28H23N3O3S. The molecular weight excluding hydrogens is 458 g/mol. The first-order valence-electron chi connectivity index (χ1n) is 11.1. The van der Waals surface area contributed by atoms with E-state index in [4.69, 9.17) is 4.74 Å². The summed E-state index contributed by atoms with van der Waals surface area (Å²) in [6, 6.07) is 25.8. The molecule has 5 rings (SSSR count). The number of allylic oxidation sites excluding steroid dienone is 1. The monoisotopic (exact) mass is 481 g/mol. The Balaban J connectivity index is 1.64. The molecule has 1 amide bonds. The Bertz CT molecular complexity index is 1590. The van der Waals surface area contributed by atoms with E-state index in [9.17, 15) is 9.59 Å². The number of methoxy groups -OCH3 is 1. The number of carbonyl (C=O) groups is 1. The number of ether oxygens (including phenoxy) is 1. The first-order valence-corrected chi connectivity index (χ1v) is 11.9. The summed E-state index contributed by atoms with van der Waals surface area (Å²) < 4.78 is 7.40. The van der Waals surface area contributed by atoms with Crippen LogP contribution in [0, 0.1) is 0 Å². The average Bonchev–Trinajstić information content (AvgIpc) is 3.19. The highest BCUT2D eigenvalue weighted by Gasteiger charge is 2.32. The summed E-state index contributed by atoms with van der Waals surface area (Å²) in [7, 11) is 1.62. The highest BCUT2D eigenvalue weighted by atomic mass is 32.1. The van der Waals surface area contributed by atoms with Crippen molar-refractivity contribution in [3.8, 4) is 5.75 Å². The molecule has 3 aromatic carbocycles. The minimum Gasteiger partial charge on any atom is -0.497 e. The number of benzene rings is 3. The van der Waals surface area contributed by atoms with Crippen LogP contribution in [-0.2, 0) is 4.79 Å². The molecule has 2 heterocycles. The maximum Gasteiger partial charge on any atom is 0.271 e. The van der Waals surface area contributed by atoms with Crippen molar-refractivity contribution < 1.29 is 9.53 Å². The largest absolute Gasteiger partial charge is 0.497 e. The zero-order valence-electron chi connectivity index (χ0n) is 19.3. The molecule has 1 aromatic heterocycles. The van der Waals surface area contributed by atoms with Crippen molar-refractivity contribution in [2.75, 3.05) is 12.4 Å². The third-order valence-electron chi connectivity index (χ3n) is 5.83. The van der Waals surface area contributed by atoms with Crippen molar-refractivity contribution in [3.05, 3.63) is 127 Å². The Labute approximate surface area is 206 Å². The summed E-state index contributed by atoms with van der Waals surface area (Å²) in [6.07, 6.45) is 1.84. The van der Waals surface area contributed by atoms with Gasteiger partial charge in [0.25, 0.3) is 11.5 Å². The number of hydrogen-bond acceptors (Lipinski definition) is 5. The standard InChI is InChI=1S/C28H23N3O3S/c1-18-24(26(32)30-21-11-7-4-8-12-21)25(20-9-5-3-6-10-20)31-27(33)23(35-28(31)29-18)17-19-13-15-22(34-2)16-14-19/h3-17,25H,1-2H3,(H,30,32)/b23-17-. The van der Waals surface area contributed by atoms with E-state index in [1.807, 2.05) is 97.9 Å². The maximum atomic E-state index is 13.7. The van der Waals surface area contributed by atoms with E-state index < -0.39 is 6.04 Å². The summed E-state index contributed by atoms with van der Waals surface area (Å²) >= 11 is 1.32. The number of anilines is 1. The average molecular weight is 482 g/mol. The predicted octanol–water partition coefficient (Wildman–Crippen LogP) is 3.88. The lowest BCUT2D eigenvalue weighted by Gasteiger charge is -2.25. The topological polar surface area (TPSA) is 72.7 Å². The molecule has 0 saturated carbocycles. The lowest BCUT2D eigenvalue weighted by Crippen LogP contribution is -2.40. The number of rotatable bonds is 5. The second-order valence-corrected chi connectivity index (χ2v) is 9.09. The van der Waals surface area contributed by atoms with Crippen LogP contribution in [0.4, 0.5) is 5.69 Å². The van der Waals surface area contributed by atoms with Crippen LogP contribution in [-0.4, -0.2) is 17.6 Å². The van der Waals surface area contributed by atoms with Crippen molar-refractivity contribution >= 4 is 29.0 Å². The molecule has 1 aliphatic heterocycles. The van der Waals surface area contributed by atoms with Gasteiger partial charge in [-0.2, -0.15) is 0 Å². The Hall–Kier alpha value is -4.23. The van der Waals surface area contributed by atoms with Crippen LogP contribution < -0.4 is 24.9 Å². The molecule has 1 atom stereocenters. The molecule has 6 nitrogen and oxygen atoms in total. The van der Waals surface area contributed by atoms with Crippen LogP contribution in [0.3, 0.4) is 0 Å². The molecule has 35 heavy (non-hydrogen) atoms. The SMILES string of the molecule is COc1ccc(/C=c2\sc3n(c2=O)C(c2ccccc2)C(C(=O)Nc2ccccc2)=C(C)N=3)cc1. The van der Waals surface area contributed by atoms with Crippen molar-refractivity contribution in [1.29, 1.82) is 0 Å². The molecule has 7 heteroatoms. The molecule has 174 valence electrons. The van der Waals surface area contributed by atoms with Gasteiger partial charge in [0.15, 0.2) is 4.80 Å². The minimum atomic E-state index is -0.589. The van der Waals surface area contributed by atoms with E-state index in [2.05, 4.69) is 10.3 Å². The zero-order chi connectivity index (χ0) is 24.4. The first-order chi connectivity index (χ1) is 17.0. The third kappa shape index (κ3) is 4.46. The van der Waals surface area contributed by atoms with E-state index in [0.29, 0.717) is 26.3 Å². The highest BCUT2D eigenvalue weighted by molar-refractivity contribution is 7.07. The third-order valence-corrected chi connectivity index (χ3v) is 6.81. The zero-order valence-corrected chi connectivity index (χ0v) is 20.1. The van der Waals surface area contributed by atoms with E-state index in [-0.39, 0.29) is 11.5 Å². The molecule has 0 bridgehead atoms. The number of thiazole rings is 1. The first kappa shape index (κ1) is 22.6. The Morgan fingerprint density at radius 2 is 1.66 bits per heavy atom. The van der Waals surface area contributed by atoms with E-state index in [0.717, 1.165) is 16.9 Å². The van der Waals surface area contributed by atoms with Gasteiger partial charge < -0.3 is 10.1 Å². The van der Waals surface area contributed by atoms with E-state index in [1.54, 1.807) is 11.7 Å². The highest BCUT2D eigenvalue weighted by Crippen LogP contribution is 2.30. The minimum absolute atomic E-state index is 0.184. The summed E-state index contributed by atoms with van der Waals surface area (Å²) in [4.78, 5) is 32.4. The predicted molar refractivity (Wildman–Crippen MR) is 138 cm³/mol. The summed E-state index contributed by atoms with van der Waals surface area (Å²) in [5.41, 5.74) is 3.26. The van der Waals surface area contributed by atoms with Gasteiger partial charge in [0.1, 0.15) is 5.75 Å². The Morgan fingerprint density at radius 3 is 2.31 bits per heavy atom. The van der Waals surface area contributed by atoms with Gasteiger partial charge >= 0.3 is 0 Å². The van der Waals surface area contributed by atoms with Gasteiger partial charge in [0.05, 0.1) is 29.0 Å². The van der Waals surface area contributed by atoms with Crippen LogP contribution in [0.2, 0.25) is 0 Å². The van der Waals surface area contributed by atoms with Gasteiger partial charge in [-0.3, -0.25) is 14.2 Å². The molecule has 4 aromatic rings. The second-order valence-electron chi connectivity index (χ2n) is 8.09. The lowest BCUT2D eigenvalue weighted by atomic mass is 9.95. The summed E-state index contributed by atoms with van der Waals surface area (Å²) in [6.45, 7) is 1.82. The number of nitrogens with one attached hydrogen (secondary N) is 1. The number of nitrogens with zero attached hydrogens (tertiary/aromatic N) is 2. The number of amides is 1. The molecule has 0 saturated heterocycles. The maximum absolute atomic E-state index is 13.7. The van der Waals surface area contributed by atoms with Crippen molar-refractivity contribution in [2.24, 2.45) is 4.99 Å². The van der Waals surface area contributed by atoms with Crippen molar-refractivity contribution in [1.82, 2.24) is 4.57 Å². The molecule has 1 aliphatic rings. The Morgan fingerprint density at radius 1 is 1.00 bits per heavy atom. The smallest absolute Gasteiger partial charge is 0.271 e. The summed E-state index contributed by atoms with van der Waals surface area (Å²) in [5, 5.41) is 2.96. The van der Waals surface area contributed by atoms with E-state index in [1.165, 1.54) is 11.3 Å². The number of carbonyl (C=O) groups excluding carboxylic acids is 1. The van der Waals surface area contributed by atoms with Crippen LogP contribution in [0.25, 0.3) is 6.08 Å². The van der Waals surface area contributed by atoms with Crippen molar-refractivity contribution in [3.63, 3.8) is 0 Å². The van der Waals surface area contributed by atoms with Gasteiger partial charge in [-0.1, -0.05) is 72.0 Å². The number of aromatic nitrogens is 1. The van der Waals surface area contributed by atoms with Gasteiger partial charge in [-0.05, 0) is 48.4 Å². The van der Waals surface area contributed by atoms with Crippen LogP contribution in [0.15, 0.2) is 106 Å². The lowest BCUT2D eigenvalue weighted by molar-refractivity contribution is -0.113. The van der Waals surface area contributed by atoms with Gasteiger partial charge in [-0.15, -0.1) is 0 Å². The van der Waals surface area contributed by atoms with Gasteiger partial charge in [-0.25, -0.2) is 4.99 Å². The number of fused-ring (bicyclic) bond motifs is 1. The second kappa shape index (κ2) is 9.56. The van der Waals surface area contributed by atoms with Crippen LogP contribution in [0.1, 0.15) is 24.1 Å². The molecule has 0 aliphatic carbocycles. The van der Waals surface area contributed by atoms with Crippen molar-refractivity contribution in [2.45, 2.75) is 13.0 Å². The van der Waals surface area contributed by atoms with Gasteiger partial charge in [0, 0.05) is 5.69 Å². The fraction of sp³-hybridized carbons (Fsp3) is 0.107. The van der Waals surface area contributed by atoms with E-state index >= 15 is 0 Å². The van der Waals surface area contributed by atoms with Gasteiger partial charge in [0.2, 0.25) is 0 Å². The fourth-order valence-electron chi connectivity index (χ4n) is 4.13. The summed E-state index contributed by atoms with van der Waals surface area (Å²) in [5.74, 6) is 0.466. The van der Waals surface area contributed by atoms with Crippen LogP contribution in [0.5, 0.6) is 5.75 Å². The normalized spacial score (nSPS) is 15.4.